The fraction of sp³-hybridized carbons (Fsp3) is 0.333. The molecule has 1 aromatic carbocycles. The molecule has 2 aromatic rings. The first-order valence-electron chi connectivity index (χ1n) is 6.64. The van der Waals surface area contributed by atoms with Crippen molar-refractivity contribution >= 4 is 16.8 Å². The van der Waals surface area contributed by atoms with Gasteiger partial charge < -0.3 is 14.6 Å². The maximum absolute atomic E-state index is 12.4. The SMILES string of the molecule is Cn1c(=O)c(C(=O)N2CC[C@@H](O)C2)cc2ccccc21. The average Bonchev–Trinajstić information content (AvgIpc) is 2.89. The van der Waals surface area contributed by atoms with Crippen molar-refractivity contribution in [1.82, 2.24) is 9.47 Å². The Morgan fingerprint density at radius 3 is 2.80 bits per heavy atom. The minimum absolute atomic E-state index is 0.167. The van der Waals surface area contributed by atoms with Crippen molar-refractivity contribution in [2.45, 2.75) is 12.5 Å². The third kappa shape index (κ3) is 2.00. The van der Waals surface area contributed by atoms with Crippen LogP contribution in [-0.4, -0.2) is 39.7 Å². The molecule has 1 amide bonds. The molecule has 5 nitrogen and oxygen atoms in total. The Morgan fingerprint density at radius 2 is 2.10 bits per heavy atom. The van der Waals surface area contributed by atoms with Crippen molar-refractivity contribution in [2.24, 2.45) is 7.05 Å². The van der Waals surface area contributed by atoms with Gasteiger partial charge >= 0.3 is 0 Å². The van der Waals surface area contributed by atoms with Crippen LogP contribution in [0.25, 0.3) is 10.9 Å². The highest BCUT2D eigenvalue weighted by Gasteiger charge is 2.27. The second-order valence-corrected chi connectivity index (χ2v) is 5.17. The third-order valence-corrected chi connectivity index (χ3v) is 3.81. The first-order chi connectivity index (χ1) is 9.58. The smallest absolute Gasteiger partial charge is 0.263 e. The normalized spacial score (nSPS) is 18.7. The molecule has 0 radical (unpaired) electrons. The summed E-state index contributed by atoms with van der Waals surface area (Å²) in [5, 5.41) is 10.4. The van der Waals surface area contributed by atoms with Crippen LogP contribution in [0.1, 0.15) is 16.8 Å². The topological polar surface area (TPSA) is 62.5 Å². The van der Waals surface area contributed by atoms with Crippen LogP contribution >= 0.6 is 0 Å². The predicted molar refractivity (Wildman–Crippen MR) is 75.7 cm³/mol. The molecule has 0 saturated carbocycles. The van der Waals surface area contributed by atoms with Gasteiger partial charge in [0.15, 0.2) is 0 Å². The Morgan fingerprint density at radius 1 is 1.35 bits per heavy atom. The number of benzene rings is 1. The van der Waals surface area contributed by atoms with Gasteiger partial charge in [0.1, 0.15) is 5.56 Å². The largest absolute Gasteiger partial charge is 0.391 e. The third-order valence-electron chi connectivity index (χ3n) is 3.81. The van der Waals surface area contributed by atoms with E-state index in [2.05, 4.69) is 0 Å². The van der Waals surface area contributed by atoms with Crippen LogP contribution in [0.3, 0.4) is 0 Å². The van der Waals surface area contributed by atoms with Crippen LogP contribution in [0.5, 0.6) is 0 Å². The number of hydrogen-bond acceptors (Lipinski definition) is 3. The molecule has 1 aliphatic rings. The number of fused-ring (bicyclic) bond motifs is 1. The number of aromatic nitrogens is 1. The number of amides is 1. The number of aryl methyl sites for hydroxylation is 1. The summed E-state index contributed by atoms with van der Waals surface area (Å²) in [5.41, 5.74) is 0.672. The average molecular weight is 272 g/mol. The number of β-amino-alcohol motifs (C(OH)–C–C–N with tert-alkyl or cyclic N) is 1. The fourth-order valence-electron chi connectivity index (χ4n) is 2.67. The van der Waals surface area contributed by atoms with Crippen molar-refractivity contribution in [1.29, 1.82) is 0 Å². The maximum atomic E-state index is 12.4. The molecule has 0 unspecified atom stereocenters. The summed E-state index contributed by atoms with van der Waals surface area (Å²) in [7, 11) is 1.67. The van der Waals surface area contributed by atoms with Gasteiger partial charge in [-0.15, -0.1) is 0 Å². The summed E-state index contributed by atoms with van der Waals surface area (Å²) in [6, 6.07) is 9.11. The zero-order valence-corrected chi connectivity index (χ0v) is 11.2. The van der Waals surface area contributed by atoms with Crippen molar-refractivity contribution in [2.75, 3.05) is 13.1 Å². The molecule has 0 bridgehead atoms. The molecule has 1 fully saturated rings. The van der Waals surface area contributed by atoms with Crippen molar-refractivity contribution in [3.63, 3.8) is 0 Å². The molecule has 0 aliphatic carbocycles. The van der Waals surface area contributed by atoms with E-state index in [4.69, 9.17) is 0 Å². The number of aliphatic hydroxyl groups is 1. The summed E-state index contributed by atoms with van der Waals surface area (Å²) >= 11 is 0. The Labute approximate surface area is 116 Å². The first-order valence-corrected chi connectivity index (χ1v) is 6.64. The molecular formula is C15H16N2O3. The monoisotopic (exact) mass is 272 g/mol. The van der Waals surface area contributed by atoms with E-state index in [0.717, 1.165) is 10.9 Å². The lowest BCUT2D eigenvalue weighted by Crippen LogP contribution is -2.35. The number of nitrogens with zero attached hydrogens (tertiary/aromatic N) is 2. The number of aliphatic hydroxyl groups excluding tert-OH is 1. The van der Waals surface area contributed by atoms with E-state index in [1.54, 1.807) is 13.1 Å². The van der Waals surface area contributed by atoms with Gasteiger partial charge in [0, 0.05) is 20.1 Å². The van der Waals surface area contributed by atoms with Crippen LogP contribution in [-0.2, 0) is 7.05 Å². The predicted octanol–water partition coefficient (Wildman–Crippen LogP) is 0.745. The number of carbonyl (C=O) groups excluding carboxylic acids is 1. The molecule has 1 N–H and O–H groups in total. The first kappa shape index (κ1) is 12.9. The summed E-state index contributed by atoms with van der Waals surface area (Å²) in [5.74, 6) is -0.298. The second-order valence-electron chi connectivity index (χ2n) is 5.17. The summed E-state index contributed by atoms with van der Waals surface area (Å²) in [6.07, 6.45) is 0.0860. The van der Waals surface area contributed by atoms with E-state index in [-0.39, 0.29) is 17.0 Å². The van der Waals surface area contributed by atoms with E-state index in [1.165, 1.54) is 9.47 Å². The lowest BCUT2D eigenvalue weighted by atomic mass is 10.1. The molecule has 1 aromatic heterocycles. The zero-order chi connectivity index (χ0) is 14.3. The Hall–Kier alpha value is -2.14. The van der Waals surface area contributed by atoms with Gasteiger partial charge in [-0.3, -0.25) is 9.59 Å². The van der Waals surface area contributed by atoms with Crippen molar-refractivity contribution < 1.29 is 9.90 Å². The standard InChI is InChI=1S/C15H16N2O3/c1-16-13-5-3-2-4-10(13)8-12(14(16)19)15(20)17-7-6-11(18)9-17/h2-5,8,11,18H,6-7,9H2,1H3/t11-/m1/s1. The number of rotatable bonds is 1. The van der Waals surface area contributed by atoms with Crippen LogP contribution in [0.2, 0.25) is 0 Å². The van der Waals surface area contributed by atoms with Gasteiger partial charge in [0.05, 0.1) is 11.6 Å². The minimum atomic E-state index is -0.483. The molecule has 2 heterocycles. The molecule has 1 atom stereocenters. The molecule has 1 aliphatic heterocycles. The van der Waals surface area contributed by atoms with E-state index in [1.807, 2.05) is 24.3 Å². The maximum Gasteiger partial charge on any atom is 0.263 e. The van der Waals surface area contributed by atoms with Gasteiger partial charge in [0.25, 0.3) is 11.5 Å². The number of carbonyl (C=O) groups is 1. The quantitative estimate of drug-likeness (QED) is 0.833. The van der Waals surface area contributed by atoms with Crippen molar-refractivity contribution in [3.8, 4) is 0 Å². The summed E-state index contributed by atoms with van der Waals surface area (Å²) in [4.78, 5) is 26.3. The zero-order valence-electron chi connectivity index (χ0n) is 11.2. The summed E-state index contributed by atoms with van der Waals surface area (Å²) in [6.45, 7) is 0.796. The molecule has 0 spiro atoms. The van der Waals surface area contributed by atoms with Gasteiger partial charge in [-0.1, -0.05) is 18.2 Å². The Balaban J connectivity index is 2.10. The van der Waals surface area contributed by atoms with Crippen LogP contribution in [0.4, 0.5) is 0 Å². The van der Waals surface area contributed by atoms with E-state index in [0.29, 0.717) is 19.5 Å². The number of para-hydroxylation sites is 1. The van der Waals surface area contributed by atoms with Gasteiger partial charge in [-0.2, -0.15) is 0 Å². The number of pyridine rings is 1. The van der Waals surface area contributed by atoms with E-state index >= 15 is 0 Å². The molecule has 3 rings (SSSR count). The van der Waals surface area contributed by atoms with E-state index in [9.17, 15) is 14.7 Å². The summed E-state index contributed by atoms with van der Waals surface area (Å²) < 4.78 is 1.50. The van der Waals surface area contributed by atoms with Gasteiger partial charge in [-0.25, -0.2) is 0 Å². The second kappa shape index (κ2) is 4.76. The molecular weight excluding hydrogens is 256 g/mol. The van der Waals surface area contributed by atoms with Gasteiger partial charge in [0.2, 0.25) is 0 Å². The van der Waals surface area contributed by atoms with Crippen LogP contribution in [0.15, 0.2) is 35.1 Å². The molecule has 104 valence electrons. The molecule has 20 heavy (non-hydrogen) atoms. The highest BCUT2D eigenvalue weighted by Crippen LogP contribution is 2.16. The van der Waals surface area contributed by atoms with Gasteiger partial charge in [-0.05, 0) is 23.9 Å². The van der Waals surface area contributed by atoms with Crippen LogP contribution < -0.4 is 5.56 Å². The molecule has 5 heteroatoms. The van der Waals surface area contributed by atoms with Crippen LogP contribution in [0, 0.1) is 0 Å². The minimum Gasteiger partial charge on any atom is -0.391 e. The Bertz CT molecular complexity index is 735. The lowest BCUT2D eigenvalue weighted by Gasteiger charge is -2.16. The lowest BCUT2D eigenvalue weighted by molar-refractivity contribution is 0.0763. The van der Waals surface area contributed by atoms with E-state index < -0.39 is 6.10 Å². The van der Waals surface area contributed by atoms with Crippen molar-refractivity contribution in [3.05, 3.63) is 46.2 Å². The fourth-order valence-corrected chi connectivity index (χ4v) is 2.67. The molecule has 1 saturated heterocycles. The highest BCUT2D eigenvalue weighted by atomic mass is 16.3. The number of hydrogen-bond donors (Lipinski definition) is 1. The highest BCUT2D eigenvalue weighted by molar-refractivity contribution is 5.97. The number of likely N-dealkylation sites (tertiary alicyclic amines) is 1. The Kier molecular flexibility index (Phi) is 3.06.